The number of para-hydroxylation sites is 1. The maximum atomic E-state index is 13.5. The van der Waals surface area contributed by atoms with Crippen molar-refractivity contribution in [3.8, 4) is 0 Å². The summed E-state index contributed by atoms with van der Waals surface area (Å²) in [6, 6.07) is 26.6. The second-order valence-corrected chi connectivity index (χ2v) is 9.62. The summed E-state index contributed by atoms with van der Waals surface area (Å²) in [6.45, 7) is 4.15. The molecule has 0 amide bonds. The van der Waals surface area contributed by atoms with E-state index in [1.54, 1.807) is 12.1 Å². The van der Waals surface area contributed by atoms with Crippen molar-refractivity contribution < 1.29 is 8.42 Å². The molecule has 29 heavy (non-hydrogen) atoms. The molecule has 1 saturated carbocycles. The quantitative estimate of drug-likeness (QED) is 0.538. The van der Waals surface area contributed by atoms with Crippen LogP contribution in [-0.2, 0) is 15.4 Å². The van der Waals surface area contributed by atoms with Crippen molar-refractivity contribution in [2.45, 2.75) is 37.0 Å². The van der Waals surface area contributed by atoms with E-state index in [-0.39, 0.29) is 5.41 Å². The molecule has 3 aromatic carbocycles. The highest BCUT2D eigenvalue weighted by molar-refractivity contribution is 7.93. The van der Waals surface area contributed by atoms with Gasteiger partial charge in [0.1, 0.15) is 0 Å². The van der Waals surface area contributed by atoms with Crippen LogP contribution in [0.15, 0.2) is 102 Å². The van der Waals surface area contributed by atoms with Crippen molar-refractivity contribution in [2.75, 3.05) is 4.31 Å². The van der Waals surface area contributed by atoms with Crippen LogP contribution in [0.4, 0.5) is 5.69 Å². The lowest BCUT2D eigenvalue weighted by Crippen LogP contribution is -2.37. The molecule has 148 valence electrons. The molecule has 1 aliphatic carbocycles. The Bertz CT molecular complexity index is 1120. The molecular weight excluding hydrogens is 378 g/mol. The summed E-state index contributed by atoms with van der Waals surface area (Å²) in [7, 11) is -3.72. The standard InChI is InChI=1S/C25H25NO2S/c1-20-13-15-24(16-14-20)29(27,28)26(23-11-7-4-8-12-23)19-22-17-18-25(22,2)21-9-5-3-6-10-21/h3-16,19H,17-18H2,1-2H3/b22-19-/t25-/m1/s1. The van der Waals surface area contributed by atoms with Crippen molar-refractivity contribution >= 4 is 15.7 Å². The van der Waals surface area contributed by atoms with Crippen molar-refractivity contribution in [3.63, 3.8) is 0 Å². The molecule has 0 bridgehead atoms. The highest BCUT2D eigenvalue weighted by atomic mass is 32.2. The molecular formula is C25H25NO2S. The van der Waals surface area contributed by atoms with Crippen molar-refractivity contribution in [2.24, 2.45) is 0 Å². The van der Waals surface area contributed by atoms with Crippen LogP contribution >= 0.6 is 0 Å². The van der Waals surface area contributed by atoms with Crippen LogP contribution in [0.3, 0.4) is 0 Å². The predicted octanol–water partition coefficient (Wildman–Crippen LogP) is 5.83. The minimum Gasteiger partial charge on any atom is -0.242 e. The predicted molar refractivity (Wildman–Crippen MR) is 118 cm³/mol. The topological polar surface area (TPSA) is 37.4 Å². The molecule has 0 radical (unpaired) electrons. The minimum atomic E-state index is -3.72. The summed E-state index contributed by atoms with van der Waals surface area (Å²) in [4.78, 5) is 0.296. The van der Waals surface area contributed by atoms with E-state index >= 15 is 0 Å². The van der Waals surface area contributed by atoms with E-state index in [4.69, 9.17) is 0 Å². The van der Waals surface area contributed by atoms with Gasteiger partial charge in [-0.25, -0.2) is 12.7 Å². The Kier molecular flexibility index (Phi) is 5.05. The second-order valence-electron chi connectivity index (χ2n) is 7.80. The molecule has 0 heterocycles. The van der Waals surface area contributed by atoms with E-state index in [9.17, 15) is 8.42 Å². The Morgan fingerprint density at radius 1 is 0.862 bits per heavy atom. The summed E-state index contributed by atoms with van der Waals surface area (Å²) in [5.41, 5.74) is 3.88. The van der Waals surface area contributed by atoms with E-state index in [1.165, 1.54) is 9.87 Å². The first kappa shape index (κ1) is 19.5. The van der Waals surface area contributed by atoms with Gasteiger partial charge in [-0.05, 0) is 55.2 Å². The van der Waals surface area contributed by atoms with Crippen LogP contribution in [0.25, 0.3) is 0 Å². The first-order valence-corrected chi connectivity index (χ1v) is 11.3. The maximum Gasteiger partial charge on any atom is 0.268 e. The summed E-state index contributed by atoms with van der Waals surface area (Å²) >= 11 is 0. The number of anilines is 1. The number of allylic oxidation sites excluding steroid dienone is 1. The number of hydrogen-bond acceptors (Lipinski definition) is 2. The van der Waals surface area contributed by atoms with Crippen molar-refractivity contribution in [1.29, 1.82) is 0 Å². The van der Waals surface area contributed by atoms with Crippen molar-refractivity contribution in [3.05, 3.63) is 108 Å². The molecule has 3 nitrogen and oxygen atoms in total. The van der Waals surface area contributed by atoms with Gasteiger partial charge >= 0.3 is 0 Å². The van der Waals surface area contributed by atoms with E-state index in [0.717, 1.165) is 24.0 Å². The molecule has 0 N–H and O–H groups in total. The number of benzene rings is 3. The zero-order valence-corrected chi connectivity index (χ0v) is 17.6. The Labute approximate surface area is 173 Å². The minimum absolute atomic E-state index is 0.142. The molecule has 4 heteroatoms. The lowest BCUT2D eigenvalue weighted by Gasteiger charge is -2.43. The number of sulfonamides is 1. The fourth-order valence-corrected chi connectivity index (χ4v) is 5.18. The van der Waals surface area contributed by atoms with Gasteiger partial charge in [0, 0.05) is 11.6 Å². The molecule has 0 aliphatic heterocycles. The van der Waals surface area contributed by atoms with Crippen LogP contribution in [0.5, 0.6) is 0 Å². The summed E-state index contributed by atoms with van der Waals surface area (Å²) in [5.74, 6) is 0. The zero-order chi connectivity index (χ0) is 20.5. The van der Waals surface area contributed by atoms with Gasteiger partial charge in [-0.15, -0.1) is 0 Å². The maximum absolute atomic E-state index is 13.5. The van der Waals surface area contributed by atoms with Gasteiger partial charge in [0.2, 0.25) is 0 Å². The summed E-state index contributed by atoms with van der Waals surface area (Å²) in [5, 5.41) is 0. The average Bonchev–Trinajstić information content (AvgIpc) is 2.74. The second kappa shape index (κ2) is 7.53. The summed E-state index contributed by atoms with van der Waals surface area (Å²) in [6.07, 6.45) is 3.73. The van der Waals surface area contributed by atoms with Gasteiger partial charge < -0.3 is 0 Å². The zero-order valence-electron chi connectivity index (χ0n) is 16.7. The average molecular weight is 404 g/mol. The Hall–Kier alpha value is -2.85. The molecule has 0 spiro atoms. The molecule has 1 atom stereocenters. The van der Waals surface area contributed by atoms with Crippen LogP contribution in [0, 0.1) is 6.92 Å². The van der Waals surface area contributed by atoms with Crippen molar-refractivity contribution in [1.82, 2.24) is 0 Å². The van der Waals surface area contributed by atoms with Gasteiger partial charge in [-0.1, -0.05) is 73.2 Å². The van der Waals surface area contributed by atoms with Gasteiger partial charge in [0.05, 0.1) is 10.6 Å². The largest absolute Gasteiger partial charge is 0.268 e. The third kappa shape index (κ3) is 3.60. The Morgan fingerprint density at radius 3 is 2.00 bits per heavy atom. The number of nitrogens with zero attached hydrogens (tertiary/aromatic N) is 1. The normalized spacial score (nSPS) is 20.3. The smallest absolute Gasteiger partial charge is 0.242 e. The van der Waals surface area contributed by atoms with E-state index in [1.807, 2.05) is 73.8 Å². The fraction of sp³-hybridized carbons (Fsp3) is 0.200. The molecule has 0 unspecified atom stereocenters. The Balaban J connectivity index is 1.80. The van der Waals surface area contributed by atoms with Crippen LogP contribution in [-0.4, -0.2) is 8.42 Å². The number of hydrogen-bond donors (Lipinski definition) is 0. The van der Waals surface area contributed by atoms with Gasteiger partial charge in [-0.3, -0.25) is 0 Å². The van der Waals surface area contributed by atoms with E-state index in [0.29, 0.717) is 10.6 Å². The SMILES string of the molecule is Cc1ccc(S(=O)(=O)N(/C=C2/CC[C@]2(C)c2ccccc2)c2ccccc2)cc1. The first-order chi connectivity index (χ1) is 13.9. The third-order valence-corrected chi connectivity index (χ3v) is 7.58. The monoisotopic (exact) mass is 403 g/mol. The molecule has 0 saturated heterocycles. The van der Waals surface area contributed by atoms with Gasteiger partial charge in [-0.2, -0.15) is 0 Å². The van der Waals surface area contributed by atoms with Crippen LogP contribution < -0.4 is 4.31 Å². The fourth-order valence-electron chi connectivity index (χ4n) is 3.81. The van der Waals surface area contributed by atoms with Crippen LogP contribution in [0.2, 0.25) is 0 Å². The molecule has 4 rings (SSSR count). The third-order valence-electron chi connectivity index (χ3n) is 5.88. The molecule has 3 aromatic rings. The number of aryl methyl sites for hydroxylation is 1. The van der Waals surface area contributed by atoms with Gasteiger partial charge in [0.25, 0.3) is 10.0 Å². The van der Waals surface area contributed by atoms with Crippen LogP contribution in [0.1, 0.15) is 30.9 Å². The van der Waals surface area contributed by atoms with Gasteiger partial charge in [0.15, 0.2) is 0 Å². The number of rotatable bonds is 5. The summed E-state index contributed by atoms with van der Waals surface area (Å²) < 4.78 is 28.5. The molecule has 1 fully saturated rings. The molecule has 1 aliphatic rings. The lowest BCUT2D eigenvalue weighted by molar-refractivity contribution is 0.394. The molecule has 0 aromatic heterocycles. The van der Waals surface area contributed by atoms with E-state index in [2.05, 4.69) is 19.1 Å². The highest BCUT2D eigenvalue weighted by Crippen LogP contribution is 2.48. The highest BCUT2D eigenvalue weighted by Gasteiger charge is 2.40. The first-order valence-electron chi connectivity index (χ1n) is 9.84. The van der Waals surface area contributed by atoms with E-state index < -0.39 is 10.0 Å². The Morgan fingerprint density at radius 2 is 1.45 bits per heavy atom. The lowest BCUT2D eigenvalue weighted by atomic mass is 9.62.